The molecule has 5 nitrogen and oxygen atoms in total. The van der Waals surface area contributed by atoms with E-state index in [1.54, 1.807) is 14.1 Å². The van der Waals surface area contributed by atoms with Crippen LogP contribution in [0.3, 0.4) is 0 Å². The standard InChI is InChI=1S/C9H16N2O3/c1-11(2)8(12)7(10-9(13)14)5-6-3-4-6/h6-7,10H,3-5H2,1-2H3,(H,13,14). The topological polar surface area (TPSA) is 69.6 Å². The molecule has 1 atom stereocenters. The number of amides is 2. The lowest BCUT2D eigenvalue weighted by molar-refractivity contribution is -0.131. The van der Waals surface area contributed by atoms with E-state index in [2.05, 4.69) is 5.32 Å². The fourth-order valence-electron chi connectivity index (χ4n) is 1.37. The number of nitrogens with zero attached hydrogens (tertiary/aromatic N) is 1. The smallest absolute Gasteiger partial charge is 0.405 e. The first kappa shape index (κ1) is 10.8. The molecule has 2 N–H and O–H groups in total. The molecule has 0 saturated heterocycles. The zero-order valence-corrected chi connectivity index (χ0v) is 8.49. The van der Waals surface area contributed by atoms with Gasteiger partial charge in [0.1, 0.15) is 6.04 Å². The maximum absolute atomic E-state index is 11.5. The molecule has 0 aromatic heterocycles. The highest BCUT2D eigenvalue weighted by atomic mass is 16.4. The number of hydrogen-bond donors (Lipinski definition) is 2. The SMILES string of the molecule is CN(C)C(=O)C(CC1CC1)NC(=O)O. The summed E-state index contributed by atoms with van der Waals surface area (Å²) in [7, 11) is 3.26. The molecule has 0 bridgehead atoms. The van der Waals surface area contributed by atoms with Crippen LogP contribution in [-0.4, -0.2) is 42.1 Å². The molecule has 1 rings (SSSR count). The van der Waals surface area contributed by atoms with Gasteiger partial charge in [0.2, 0.25) is 5.91 Å². The number of carbonyl (C=O) groups excluding carboxylic acids is 1. The van der Waals surface area contributed by atoms with Crippen molar-refractivity contribution in [2.24, 2.45) is 5.92 Å². The monoisotopic (exact) mass is 200 g/mol. The molecule has 5 heteroatoms. The highest BCUT2D eigenvalue weighted by Crippen LogP contribution is 2.33. The lowest BCUT2D eigenvalue weighted by atomic mass is 10.1. The van der Waals surface area contributed by atoms with E-state index in [-0.39, 0.29) is 5.91 Å². The second kappa shape index (κ2) is 4.30. The van der Waals surface area contributed by atoms with Crippen LogP contribution in [0.1, 0.15) is 19.3 Å². The van der Waals surface area contributed by atoms with Crippen LogP contribution in [0.25, 0.3) is 0 Å². The molecule has 1 saturated carbocycles. The van der Waals surface area contributed by atoms with Crippen molar-refractivity contribution in [3.05, 3.63) is 0 Å². The predicted molar refractivity (Wildman–Crippen MR) is 51.0 cm³/mol. The maximum atomic E-state index is 11.5. The normalized spacial score (nSPS) is 17.3. The van der Waals surface area contributed by atoms with E-state index in [9.17, 15) is 9.59 Å². The van der Waals surface area contributed by atoms with Crippen LogP contribution in [0.2, 0.25) is 0 Å². The quantitative estimate of drug-likeness (QED) is 0.694. The molecule has 14 heavy (non-hydrogen) atoms. The first-order valence-corrected chi connectivity index (χ1v) is 4.71. The minimum absolute atomic E-state index is 0.167. The Morgan fingerprint density at radius 2 is 2.07 bits per heavy atom. The molecule has 1 aliphatic rings. The Kier molecular flexibility index (Phi) is 3.33. The van der Waals surface area contributed by atoms with Crippen LogP contribution in [0, 0.1) is 5.92 Å². The third-order valence-corrected chi connectivity index (χ3v) is 2.30. The van der Waals surface area contributed by atoms with Gasteiger partial charge in [0.15, 0.2) is 0 Å². The van der Waals surface area contributed by atoms with Crippen molar-refractivity contribution in [3.63, 3.8) is 0 Å². The average molecular weight is 200 g/mol. The van der Waals surface area contributed by atoms with E-state index >= 15 is 0 Å². The van der Waals surface area contributed by atoms with E-state index in [4.69, 9.17) is 5.11 Å². The molecule has 0 aliphatic heterocycles. The minimum Gasteiger partial charge on any atom is -0.465 e. The van der Waals surface area contributed by atoms with E-state index in [0.717, 1.165) is 12.8 Å². The van der Waals surface area contributed by atoms with Crippen LogP contribution in [0.5, 0.6) is 0 Å². The van der Waals surface area contributed by atoms with Gasteiger partial charge < -0.3 is 15.3 Å². The fraction of sp³-hybridized carbons (Fsp3) is 0.778. The van der Waals surface area contributed by atoms with E-state index in [0.29, 0.717) is 12.3 Å². The summed E-state index contributed by atoms with van der Waals surface area (Å²) in [6.45, 7) is 0. The Balaban J connectivity index is 2.49. The molecule has 80 valence electrons. The first-order valence-electron chi connectivity index (χ1n) is 4.71. The van der Waals surface area contributed by atoms with Crippen molar-refractivity contribution in [2.75, 3.05) is 14.1 Å². The van der Waals surface area contributed by atoms with Gasteiger partial charge in [-0.15, -0.1) is 0 Å². The number of hydrogen-bond acceptors (Lipinski definition) is 2. The molecule has 0 spiro atoms. The van der Waals surface area contributed by atoms with Crippen molar-refractivity contribution >= 4 is 12.0 Å². The van der Waals surface area contributed by atoms with Crippen molar-refractivity contribution in [3.8, 4) is 0 Å². The molecule has 0 heterocycles. The summed E-state index contributed by atoms with van der Waals surface area (Å²) in [6.07, 6.45) is 1.71. The van der Waals surface area contributed by atoms with E-state index in [1.807, 2.05) is 0 Å². The average Bonchev–Trinajstić information content (AvgIpc) is 2.84. The molecule has 0 aromatic carbocycles. The summed E-state index contributed by atoms with van der Waals surface area (Å²) >= 11 is 0. The third kappa shape index (κ3) is 3.24. The Morgan fingerprint density at radius 3 is 2.43 bits per heavy atom. The van der Waals surface area contributed by atoms with Crippen molar-refractivity contribution in [1.82, 2.24) is 10.2 Å². The van der Waals surface area contributed by atoms with Crippen molar-refractivity contribution in [2.45, 2.75) is 25.3 Å². The molecule has 1 fully saturated rings. The molecular weight excluding hydrogens is 184 g/mol. The lowest BCUT2D eigenvalue weighted by Gasteiger charge is -2.20. The second-order valence-corrected chi connectivity index (χ2v) is 3.91. The van der Waals surface area contributed by atoms with Gasteiger partial charge in [-0.25, -0.2) is 4.79 Å². The fourth-order valence-corrected chi connectivity index (χ4v) is 1.37. The van der Waals surface area contributed by atoms with Crippen LogP contribution >= 0.6 is 0 Å². The number of rotatable bonds is 4. The van der Waals surface area contributed by atoms with Crippen LogP contribution in [0.15, 0.2) is 0 Å². The molecule has 1 unspecified atom stereocenters. The maximum Gasteiger partial charge on any atom is 0.405 e. The molecular formula is C9H16N2O3. The Labute approximate surface area is 83.1 Å². The van der Waals surface area contributed by atoms with Gasteiger partial charge in [0.25, 0.3) is 0 Å². The highest BCUT2D eigenvalue weighted by Gasteiger charge is 2.30. The van der Waals surface area contributed by atoms with Crippen LogP contribution in [-0.2, 0) is 4.79 Å². The van der Waals surface area contributed by atoms with Crippen molar-refractivity contribution in [1.29, 1.82) is 0 Å². The van der Waals surface area contributed by atoms with E-state index in [1.165, 1.54) is 4.90 Å². The summed E-state index contributed by atoms with van der Waals surface area (Å²) in [5.41, 5.74) is 0. The van der Waals surface area contributed by atoms with Gasteiger partial charge in [0, 0.05) is 14.1 Å². The zero-order chi connectivity index (χ0) is 10.7. The van der Waals surface area contributed by atoms with Gasteiger partial charge in [-0.1, -0.05) is 12.8 Å². The number of likely N-dealkylation sites (N-methyl/N-ethyl adjacent to an activating group) is 1. The first-order chi connectivity index (χ1) is 6.50. The number of carbonyl (C=O) groups is 2. The lowest BCUT2D eigenvalue weighted by Crippen LogP contribution is -2.46. The molecule has 2 amide bonds. The van der Waals surface area contributed by atoms with E-state index < -0.39 is 12.1 Å². The minimum atomic E-state index is -1.13. The zero-order valence-electron chi connectivity index (χ0n) is 8.49. The summed E-state index contributed by atoms with van der Waals surface area (Å²) in [5.74, 6) is 0.357. The van der Waals surface area contributed by atoms with Crippen LogP contribution in [0.4, 0.5) is 4.79 Å². The third-order valence-electron chi connectivity index (χ3n) is 2.30. The number of nitrogens with one attached hydrogen (secondary N) is 1. The van der Waals surface area contributed by atoms with Gasteiger partial charge in [-0.05, 0) is 12.3 Å². The Hall–Kier alpha value is -1.26. The van der Waals surface area contributed by atoms with Crippen LogP contribution < -0.4 is 5.32 Å². The van der Waals surface area contributed by atoms with Crippen molar-refractivity contribution < 1.29 is 14.7 Å². The Morgan fingerprint density at radius 1 is 1.50 bits per heavy atom. The van der Waals surface area contributed by atoms with Gasteiger partial charge in [-0.3, -0.25) is 4.79 Å². The summed E-state index contributed by atoms with van der Waals surface area (Å²) in [5, 5.41) is 10.8. The molecule has 0 aromatic rings. The van der Waals surface area contributed by atoms with Gasteiger partial charge >= 0.3 is 6.09 Å². The molecule has 0 radical (unpaired) electrons. The Bertz CT molecular complexity index is 236. The highest BCUT2D eigenvalue weighted by molar-refractivity contribution is 5.84. The predicted octanol–water partition coefficient (Wildman–Crippen LogP) is 0.511. The summed E-state index contributed by atoms with van der Waals surface area (Å²) in [6, 6.07) is -0.574. The second-order valence-electron chi connectivity index (χ2n) is 3.91. The number of carboxylic acid groups (broad SMARTS) is 1. The van der Waals surface area contributed by atoms with Gasteiger partial charge in [0.05, 0.1) is 0 Å². The largest absolute Gasteiger partial charge is 0.465 e. The summed E-state index contributed by atoms with van der Waals surface area (Å²) in [4.78, 5) is 23.4. The van der Waals surface area contributed by atoms with Gasteiger partial charge in [-0.2, -0.15) is 0 Å². The molecule has 1 aliphatic carbocycles. The summed E-state index contributed by atoms with van der Waals surface area (Å²) < 4.78 is 0.